The molecule has 0 unspecified atom stereocenters. The first-order valence-electron chi connectivity index (χ1n) is 10.7. The number of fused-ring (bicyclic) bond motifs is 3. The Labute approximate surface area is 191 Å². The van der Waals surface area contributed by atoms with E-state index in [1.807, 2.05) is 18.2 Å². The van der Waals surface area contributed by atoms with Crippen LogP contribution in [0.2, 0.25) is 0 Å². The number of sulfone groups is 1. The summed E-state index contributed by atoms with van der Waals surface area (Å²) in [5.74, 6) is 5.66. The Morgan fingerprint density at radius 3 is 2.67 bits per heavy atom. The fourth-order valence-electron chi connectivity index (χ4n) is 4.25. The molecule has 0 saturated carbocycles. The topological polar surface area (TPSA) is 95.5 Å². The molecule has 7 nitrogen and oxygen atoms in total. The van der Waals surface area contributed by atoms with Crippen molar-refractivity contribution in [1.29, 1.82) is 0 Å². The highest BCUT2D eigenvalue weighted by Crippen LogP contribution is 2.36. The second kappa shape index (κ2) is 8.87. The Kier molecular flexibility index (Phi) is 5.77. The van der Waals surface area contributed by atoms with Gasteiger partial charge in [0.15, 0.2) is 9.84 Å². The summed E-state index contributed by atoms with van der Waals surface area (Å²) in [4.78, 5) is 10.4. The van der Waals surface area contributed by atoms with E-state index in [-0.39, 0.29) is 12.4 Å². The van der Waals surface area contributed by atoms with Crippen molar-refractivity contribution in [2.24, 2.45) is 0 Å². The SMILES string of the molecule is O=S(=O)(Cc1ccc2[nH]c3ncc(C#CCO)c(N4CCOCC4)c3c2c1)c1ccccc1. The largest absolute Gasteiger partial charge is 0.384 e. The van der Waals surface area contributed by atoms with Crippen molar-refractivity contribution in [2.45, 2.75) is 10.6 Å². The molecule has 8 heteroatoms. The summed E-state index contributed by atoms with van der Waals surface area (Å²) in [6.45, 7) is 2.40. The summed E-state index contributed by atoms with van der Waals surface area (Å²) in [5, 5.41) is 11.0. The maximum absolute atomic E-state index is 12.9. The summed E-state index contributed by atoms with van der Waals surface area (Å²) < 4.78 is 31.4. The highest BCUT2D eigenvalue weighted by molar-refractivity contribution is 7.90. The quantitative estimate of drug-likeness (QED) is 0.454. The molecule has 0 atom stereocenters. The monoisotopic (exact) mass is 461 g/mol. The minimum Gasteiger partial charge on any atom is -0.384 e. The van der Waals surface area contributed by atoms with Crippen LogP contribution in [0.5, 0.6) is 0 Å². The number of pyridine rings is 1. The summed E-state index contributed by atoms with van der Waals surface area (Å²) in [6.07, 6.45) is 1.71. The molecule has 0 spiro atoms. The normalized spacial score (nSPS) is 14.4. The van der Waals surface area contributed by atoms with Gasteiger partial charge in [-0.15, -0.1) is 0 Å². The van der Waals surface area contributed by atoms with E-state index in [2.05, 4.69) is 26.7 Å². The number of rotatable bonds is 4. The molecule has 1 saturated heterocycles. The zero-order chi connectivity index (χ0) is 22.8. The Balaban J connectivity index is 1.67. The lowest BCUT2D eigenvalue weighted by atomic mass is 10.1. The van der Waals surface area contributed by atoms with Gasteiger partial charge in [0.05, 0.1) is 40.5 Å². The van der Waals surface area contributed by atoms with E-state index in [4.69, 9.17) is 4.74 Å². The van der Waals surface area contributed by atoms with E-state index in [0.717, 1.165) is 27.5 Å². The maximum atomic E-state index is 12.9. The van der Waals surface area contributed by atoms with Gasteiger partial charge in [0, 0.05) is 30.2 Å². The summed E-state index contributed by atoms with van der Waals surface area (Å²) in [5.41, 5.74) is 3.94. The number of hydrogen-bond acceptors (Lipinski definition) is 6. The van der Waals surface area contributed by atoms with Crippen LogP contribution in [-0.4, -0.2) is 56.4 Å². The maximum Gasteiger partial charge on any atom is 0.182 e. The standard InChI is InChI=1S/C25H23N3O4S/c29-12-4-5-19-16-26-25-23(24(19)28-10-13-32-14-11-28)21-15-18(8-9-22(21)27-25)17-33(30,31)20-6-2-1-3-7-20/h1-3,6-9,15-16,29H,10-14,17H2,(H,26,27). The van der Waals surface area contributed by atoms with Crippen LogP contribution < -0.4 is 4.90 Å². The van der Waals surface area contributed by atoms with Crippen LogP contribution in [-0.2, 0) is 20.3 Å². The number of anilines is 1. The molecule has 1 aliphatic heterocycles. The van der Waals surface area contributed by atoms with Crippen LogP contribution in [0.1, 0.15) is 11.1 Å². The molecule has 3 heterocycles. The van der Waals surface area contributed by atoms with E-state index in [1.54, 1.807) is 36.5 Å². The molecular weight excluding hydrogens is 438 g/mol. The molecule has 2 aromatic heterocycles. The average molecular weight is 462 g/mol. The summed E-state index contributed by atoms with van der Waals surface area (Å²) in [6, 6.07) is 14.1. The van der Waals surface area contributed by atoms with E-state index >= 15 is 0 Å². The molecule has 1 fully saturated rings. The zero-order valence-electron chi connectivity index (χ0n) is 17.9. The van der Waals surface area contributed by atoms with Crippen molar-refractivity contribution in [2.75, 3.05) is 37.8 Å². The number of morpholine rings is 1. The number of benzene rings is 2. The van der Waals surface area contributed by atoms with Gasteiger partial charge < -0.3 is 19.7 Å². The van der Waals surface area contributed by atoms with Gasteiger partial charge in [-0.25, -0.2) is 13.4 Å². The molecule has 168 valence electrons. The van der Waals surface area contributed by atoms with E-state index < -0.39 is 9.84 Å². The smallest absolute Gasteiger partial charge is 0.182 e. The molecule has 0 amide bonds. The third kappa shape index (κ3) is 4.18. The fourth-order valence-corrected chi connectivity index (χ4v) is 5.61. The second-order valence-electron chi connectivity index (χ2n) is 7.88. The van der Waals surface area contributed by atoms with Gasteiger partial charge in [-0.1, -0.05) is 36.1 Å². The van der Waals surface area contributed by atoms with E-state index in [1.165, 1.54) is 0 Å². The summed E-state index contributed by atoms with van der Waals surface area (Å²) >= 11 is 0. The minimum absolute atomic E-state index is 0.0933. The number of aromatic amines is 1. The molecule has 0 radical (unpaired) electrons. The highest BCUT2D eigenvalue weighted by Gasteiger charge is 2.22. The molecule has 0 aliphatic carbocycles. The lowest BCUT2D eigenvalue weighted by Gasteiger charge is -2.30. The number of ether oxygens (including phenoxy) is 1. The molecule has 4 aromatic rings. The van der Waals surface area contributed by atoms with Crippen LogP contribution >= 0.6 is 0 Å². The van der Waals surface area contributed by atoms with Gasteiger partial charge in [-0.05, 0) is 29.8 Å². The van der Waals surface area contributed by atoms with Gasteiger partial charge in [0.2, 0.25) is 0 Å². The van der Waals surface area contributed by atoms with Gasteiger partial charge >= 0.3 is 0 Å². The predicted octanol–water partition coefficient (Wildman–Crippen LogP) is 2.87. The molecule has 5 rings (SSSR count). The summed E-state index contributed by atoms with van der Waals surface area (Å²) in [7, 11) is -3.47. The Hall–Kier alpha value is -3.38. The van der Waals surface area contributed by atoms with Crippen molar-refractivity contribution in [3.8, 4) is 11.8 Å². The Morgan fingerprint density at radius 2 is 1.91 bits per heavy atom. The van der Waals surface area contributed by atoms with Crippen LogP contribution in [0, 0.1) is 11.8 Å². The number of H-pyrrole nitrogens is 1. The van der Waals surface area contributed by atoms with Gasteiger partial charge in [-0.3, -0.25) is 0 Å². The lowest BCUT2D eigenvalue weighted by molar-refractivity contribution is 0.123. The van der Waals surface area contributed by atoms with Crippen molar-refractivity contribution >= 4 is 37.5 Å². The number of nitrogens with one attached hydrogen (secondary N) is 1. The number of hydrogen-bond donors (Lipinski definition) is 2. The first-order chi connectivity index (χ1) is 16.1. The van der Waals surface area contributed by atoms with E-state index in [9.17, 15) is 13.5 Å². The number of aromatic nitrogens is 2. The van der Waals surface area contributed by atoms with Crippen LogP contribution in [0.3, 0.4) is 0 Å². The van der Waals surface area contributed by atoms with Gasteiger partial charge in [0.1, 0.15) is 12.3 Å². The predicted molar refractivity (Wildman–Crippen MR) is 128 cm³/mol. The van der Waals surface area contributed by atoms with Gasteiger partial charge in [0.25, 0.3) is 0 Å². The zero-order valence-corrected chi connectivity index (χ0v) is 18.7. The first-order valence-corrected chi connectivity index (χ1v) is 12.4. The number of nitrogens with zero attached hydrogens (tertiary/aromatic N) is 2. The second-order valence-corrected chi connectivity index (χ2v) is 9.87. The lowest BCUT2D eigenvalue weighted by Crippen LogP contribution is -2.36. The van der Waals surface area contributed by atoms with Crippen LogP contribution in [0.25, 0.3) is 21.9 Å². The third-order valence-corrected chi connectivity index (χ3v) is 7.45. The van der Waals surface area contributed by atoms with Crippen LogP contribution in [0.4, 0.5) is 5.69 Å². The minimum atomic E-state index is -3.47. The highest BCUT2D eigenvalue weighted by atomic mass is 32.2. The fraction of sp³-hybridized carbons (Fsp3) is 0.240. The van der Waals surface area contributed by atoms with Crippen molar-refractivity contribution in [1.82, 2.24) is 9.97 Å². The number of aliphatic hydroxyl groups excluding tert-OH is 1. The Bertz CT molecular complexity index is 1480. The van der Waals surface area contributed by atoms with Crippen molar-refractivity contribution in [3.05, 3.63) is 65.9 Å². The first kappa shape index (κ1) is 21.5. The van der Waals surface area contributed by atoms with Gasteiger partial charge in [-0.2, -0.15) is 0 Å². The van der Waals surface area contributed by atoms with Crippen molar-refractivity contribution < 1.29 is 18.3 Å². The van der Waals surface area contributed by atoms with Crippen LogP contribution in [0.15, 0.2) is 59.6 Å². The molecule has 0 bridgehead atoms. The molecular formula is C25H23N3O4S. The average Bonchev–Trinajstić information content (AvgIpc) is 3.21. The number of aliphatic hydroxyl groups is 1. The molecule has 1 aliphatic rings. The molecule has 33 heavy (non-hydrogen) atoms. The molecule has 2 N–H and O–H groups in total. The third-order valence-electron chi connectivity index (χ3n) is 5.75. The Morgan fingerprint density at radius 1 is 1.12 bits per heavy atom. The van der Waals surface area contributed by atoms with Crippen molar-refractivity contribution in [3.63, 3.8) is 0 Å². The van der Waals surface area contributed by atoms with E-state index in [0.29, 0.717) is 42.4 Å². The molecule has 2 aromatic carbocycles.